The van der Waals surface area contributed by atoms with Crippen molar-refractivity contribution in [2.24, 2.45) is 17.0 Å². The van der Waals surface area contributed by atoms with E-state index in [9.17, 15) is 5.11 Å². The van der Waals surface area contributed by atoms with Crippen LogP contribution in [-0.2, 0) is 7.05 Å². The summed E-state index contributed by atoms with van der Waals surface area (Å²) in [6, 6.07) is 12.1. The molecule has 0 unspecified atom stereocenters. The van der Waals surface area contributed by atoms with Crippen molar-refractivity contribution in [2.45, 2.75) is 13.8 Å². The first-order chi connectivity index (χ1) is 12.9. The van der Waals surface area contributed by atoms with Gasteiger partial charge in [-0.25, -0.2) is 4.99 Å². The lowest BCUT2D eigenvalue weighted by molar-refractivity contribution is 0.427. The summed E-state index contributed by atoms with van der Waals surface area (Å²) in [4.78, 5) is 10.7. The van der Waals surface area contributed by atoms with Gasteiger partial charge in [-0.2, -0.15) is 0 Å². The summed E-state index contributed by atoms with van der Waals surface area (Å²) in [7, 11) is 1.82. The topological polar surface area (TPSA) is 49.9 Å². The Morgan fingerprint density at radius 2 is 2.04 bits per heavy atom. The molecule has 0 atom stereocenters. The maximum atomic E-state index is 10.6. The molecule has 0 bridgehead atoms. The van der Waals surface area contributed by atoms with Gasteiger partial charge in [-0.3, -0.25) is 9.56 Å². The molecule has 0 aliphatic carbocycles. The minimum absolute atomic E-state index is 0.202. The molecular weight excluding hydrogens is 422 g/mol. The number of halogens is 1. The van der Waals surface area contributed by atoms with E-state index >= 15 is 0 Å². The van der Waals surface area contributed by atoms with Crippen molar-refractivity contribution in [2.75, 3.05) is 0 Å². The second-order valence-electron chi connectivity index (χ2n) is 6.48. The molecule has 0 fully saturated rings. The number of aryl methyl sites for hydroxylation is 1. The molecule has 0 saturated carbocycles. The molecule has 136 valence electrons. The number of nitrogens with zero attached hydrogens (tertiary/aromatic N) is 3. The Bertz CT molecular complexity index is 1180. The Balaban J connectivity index is 1.81. The molecule has 0 spiro atoms. The highest BCUT2D eigenvalue weighted by molar-refractivity contribution is 9.10. The largest absolute Gasteiger partial charge is 0.493 e. The van der Waals surface area contributed by atoms with Crippen molar-refractivity contribution >= 4 is 56.5 Å². The van der Waals surface area contributed by atoms with Crippen molar-refractivity contribution in [3.05, 3.63) is 67.2 Å². The third-order valence-electron chi connectivity index (χ3n) is 4.72. The third kappa shape index (κ3) is 3.31. The molecule has 4 rings (SSSR count). The first-order valence-electron chi connectivity index (χ1n) is 8.49. The predicted molar refractivity (Wildman–Crippen MR) is 116 cm³/mol. The van der Waals surface area contributed by atoms with E-state index in [0.717, 1.165) is 42.2 Å². The maximum Gasteiger partial charge on any atom is 0.210 e. The minimum atomic E-state index is 0.202. The summed E-state index contributed by atoms with van der Waals surface area (Å²) in [5, 5.41) is 10.6. The number of fused-ring (bicyclic) bond motifs is 1. The van der Waals surface area contributed by atoms with Gasteiger partial charge in [-0.1, -0.05) is 39.4 Å². The Morgan fingerprint density at radius 1 is 1.22 bits per heavy atom. The third-order valence-corrected chi connectivity index (χ3v) is 6.28. The molecule has 0 radical (unpaired) electrons. The predicted octanol–water partition coefficient (Wildman–Crippen LogP) is 5.66. The molecule has 0 amide bonds. The maximum absolute atomic E-state index is 10.6. The zero-order valence-electron chi connectivity index (χ0n) is 15.2. The van der Waals surface area contributed by atoms with Crippen molar-refractivity contribution in [3.8, 4) is 5.88 Å². The molecule has 6 heteroatoms. The second kappa shape index (κ2) is 6.94. The van der Waals surface area contributed by atoms with Crippen LogP contribution in [0.5, 0.6) is 5.88 Å². The molecule has 3 aromatic rings. The summed E-state index contributed by atoms with van der Waals surface area (Å²) in [6.45, 7) is 4.14. The van der Waals surface area contributed by atoms with Gasteiger partial charge in [0.2, 0.25) is 5.88 Å². The first-order valence-corrected chi connectivity index (χ1v) is 10.1. The fourth-order valence-electron chi connectivity index (χ4n) is 2.94. The molecule has 2 aromatic carbocycles. The van der Waals surface area contributed by atoms with Crippen molar-refractivity contribution in [1.82, 2.24) is 4.57 Å². The number of rotatable bonds is 2. The molecular formula is C21H18BrN3OS. The van der Waals surface area contributed by atoms with Crippen LogP contribution in [0.4, 0.5) is 11.4 Å². The smallest absolute Gasteiger partial charge is 0.210 e. The molecule has 1 aromatic heterocycles. The molecule has 1 N–H and O–H groups in total. The van der Waals surface area contributed by atoms with E-state index in [4.69, 9.17) is 4.99 Å². The van der Waals surface area contributed by atoms with Gasteiger partial charge in [0, 0.05) is 28.9 Å². The number of aromatic hydroxyl groups is 1. The van der Waals surface area contributed by atoms with Gasteiger partial charge in [0.1, 0.15) is 0 Å². The summed E-state index contributed by atoms with van der Waals surface area (Å²) in [5.74, 6) is 0.202. The van der Waals surface area contributed by atoms with Gasteiger partial charge < -0.3 is 5.11 Å². The van der Waals surface area contributed by atoms with E-state index in [2.05, 4.69) is 40.8 Å². The minimum Gasteiger partial charge on any atom is -0.493 e. The van der Waals surface area contributed by atoms with E-state index in [-0.39, 0.29) is 5.88 Å². The van der Waals surface area contributed by atoms with Gasteiger partial charge in [-0.15, -0.1) is 0 Å². The fraction of sp³-hybridized carbons (Fsp3) is 0.143. The highest BCUT2D eigenvalue weighted by Gasteiger charge is 2.15. The number of thiazole rings is 1. The van der Waals surface area contributed by atoms with E-state index in [1.807, 2.05) is 49.7 Å². The molecule has 0 saturated heterocycles. The van der Waals surface area contributed by atoms with Gasteiger partial charge >= 0.3 is 0 Å². The molecule has 27 heavy (non-hydrogen) atoms. The van der Waals surface area contributed by atoms with E-state index < -0.39 is 0 Å². The lowest BCUT2D eigenvalue weighted by Crippen LogP contribution is -2.09. The molecule has 1 aliphatic rings. The fourth-order valence-corrected chi connectivity index (χ4v) is 4.28. The van der Waals surface area contributed by atoms with Crippen molar-refractivity contribution < 1.29 is 5.11 Å². The zero-order chi connectivity index (χ0) is 19.1. The van der Waals surface area contributed by atoms with Crippen LogP contribution in [-0.4, -0.2) is 15.9 Å². The monoisotopic (exact) mass is 439 g/mol. The standard InChI is InChI=1S/C21H18BrN3OS/c1-12-5-4-6-17(13(12)2)24-21-25(3)20(26)19(27-21)9-14-11-23-18-8-7-15(22)10-16(14)18/h4-11,26H,1-3H3/b14-9-,24-21?. The Hall–Kier alpha value is -2.44. The zero-order valence-corrected chi connectivity index (χ0v) is 17.6. The Labute approximate surface area is 170 Å². The van der Waals surface area contributed by atoms with Crippen LogP contribution in [0.2, 0.25) is 0 Å². The van der Waals surface area contributed by atoms with Gasteiger partial charge in [0.05, 0.1) is 16.3 Å². The molecule has 1 aliphatic heterocycles. The second-order valence-corrected chi connectivity index (χ2v) is 8.41. The van der Waals surface area contributed by atoms with Crippen molar-refractivity contribution in [1.29, 1.82) is 0 Å². The van der Waals surface area contributed by atoms with Crippen LogP contribution in [0.15, 0.2) is 50.9 Å². The summed E-state index contributed by atoms with van der Waals surface area (Å²) in [5.41, 5.74) is 6.22. The number of hydrogen-bond donors (Lipinski definition) is 1. The normalized spacial score (nSPS) is 15.0. The quantitative estimate of drug-likeness (QED) is 0.549. The number of allylic oxidation sites excluding steroid dienone is 1. The van der Waals surface area contributed by atoms with E-state index in [1.165, 1.54) is 16.9 Å². The van der Waals surface area contributed by atoms with Gasteiger partial charge in [-0.05, 0) is 55.3 Å². The summed E-state index contributed by atoms with van der Waals surface area (Å²) < 4.78 is 2.72. The number of aliphatic imine (C=N–C) groups is 1. The van der Waals surface area contributed by atoms with Crippen LogP contribution in [0.1, 0.15) is 21.6 Å². The van der Waals surface area contributed by atoms with Crippen LogP contribution in [0.25, 0.3) is 11.6 Å². The Morgan fingerprint density at radius 3 is 2.85 bits per heavy atom. The number of benzene rings is 2. The SMILES string of the molecule is Cc1cccc(N=c2sc(/C=C3/C=Nc4ccc(Br)cc43)c(O)n2C)c1C. The van der Waals surface area contributed by atoms with E-state index in [1.54, 1.807) is 4.57 Å². The van der Waals surface area contributed by atoms with Crippen LogP contribution in [0.3, 0.4) is 0 Å². The highest BCUT2D eigenvalue weighted by Crippen LogP contribution is 2.36. The molecule has 2 heterocycles. The Kier molecular flexibility index (Phi) is 4.61. The summed E-state index contributed by atoms with van der Waals surface area (Å²) >= 11 is 4.97. The van der Waals surface area contributed by atoms with Crippen molar-refractivity contribution in [3.63, 3.8) is 0 Å². The number of aromatic nitrogens is 1. The van der Waals surface area contributed by atoms with E-state index in [0.29, 0.717) is 0 Å². The first kappa shape index (κ1) is 17.9. The summed E-state index contributed by atoms with van der Waals surface area (Å²) in [6.07, 6.45) is 3.79. The van der Waals surface area contributed by atoms with Crippen LogP contribution in [0, 0.1) is 13.8 Å². The van der Waals surface area contributed by atoms with Gasteiger partial charge in [0.15, 0.2) is 4.80 Å². The van der Waals surface area contributed by atoms with Crippen LogP contribution < -0.4 is 4.80 Å². The average molecular weight is 440 g/mol. The average Bonchev–Trinajstić information content (AvgIpc) is 3.15. The number of hydrogen-bond acceptors (Lipinski definition) is 4. The molecule has 4 nitrogen and oxygen atoms in total. The van der Waals surface area contributed by atoms with Gasteiger partial charge in [0.25, 0.3) is 0 Å². The highest BCUT2D eigenvalue weighted by atomic mass is 79.9. The van der Waals surface area contributed by atoms with Crippen LogP contribution >= 0.6 is 27.3 Å². The lowest BCUT2D eigenvalue weighted by atomic mass is 10.1. The lowest BCUT2D eigenvalue weighted by Gasteiger charge is -2.02.